The van der Waals surface area contributed by atoms with Gasteiger partial charge < -0.3 is 0 Å². The van der Waals surface area contributed by atoms with Crippen LogP contribution in [0.25, 0.3) is 97.5 Å². The maximum atomic E-state index is 5.39. The highest BCUT2D eigenvalue weighted by molar-refractivity contribution is 7.25. The number of nitrogens with zero attached hydrogens (tertiary/aromatic N) is 2. The smallest absolute Gasteiger partial charge is 0.161 e. The molecule has 2 aromatic heterocycles. The lowest BCUT2D eigenvalue weighted by molar-refractivity contribution is 1.19. The number of hydrogen-bond acceptors (Lipinski definition) is 3. The van der Waals surface area contributed by atoms with E-state index < -0.39 is 0 Å². The highest BCUT2D eigenvalue weighted by atomic mass is 32.1. The van der Waals surface area contributed by atoms with Gasteiger partial charge in [0.25, 0.3) is 0 Å². The Labute approximate surface area is 287 Å². The summed E-state index contributed by atoms with van der Waals surface area (Å²) in [5.41, 5.74) is 7.34. The van der Waals surface area contributed by atoms with Gasteiger partial charge in [-0.25, -0.2) is 9.97 Å². The molecule has 0 N–H and O–H groups in total. The average Bonchev–Trinajstić information content (AvgIpc) is 3.55. The van der Waals surface area contributed by atoms with E-state index in [0.29, 0.717) is 0 Å². The van der Waals surface area contributed by atoms with E-state index >= 15 is 0 Å². The van der Waals surface area contributed by atoms with Gasteiger partial charge in [-0.2, -0.15) is 0 Å². The second-order valence-electron chi connectivity index (χ2n) is 12.6. The van der Waals surface area contributed by atoms with Gasteiger partial charge in [-0.3, -0.25) is 0 Å². The van der Waals surface area contributed by atoms with E-state index in [9.17, 15) is 0 Å². The van der Waals surface area contributed by atoms with Crippen molar-refractivity contribution < 1.29 is 0 Å². The summed E-state index contributed by atoms with van der Waals surface area (Å²) >= 11 is 1.85. The quantitative estimate of drug-likeness (QED) is 0.141. The van der Waals surface area contributed by atoms with Gasteiger partial charge >= 0.3 is 0 Å². The Hall–Kier alpha value is -6.16. The Morgan fingerprint density at radius 3 is 1.86 bits per heavy atom. The summed E-state index contributed by atoms with van der Waals surface area (Å²) in [7, 11) is 0. The summed E-state index contributed by atoms with van der Waals surface area (Å²) in [6.07, 6.45) is 0. The molecule has 0 aliphatic rings. The minimum Gasteiger partial charge on any atom is -0.228 e. The number of hydrogen-bond donors (Lipinski definition) is 0. The molecule has 2 heterocycles. The Morgan fingerprint density at radius 2 is 0.980 bits per heavy atom. The SMILES string of the molecule is c1ccc(-c2cc(-c3cccc(-c4ccc5sc6ccccc6c5c4)c3)nc(-c3c4ccccc4cc4c3ccc3ccccc34)n2)cc1. The summed E-state index contributed by atoms with van der Waals surface area (Å²) in [6.45, 7) is 0. The fourth-order valence-electron chi connectivity index (χ4n) is 7.29. The molecule has 0 fully saturated rings. The number of fused-ring (bicyclic) bond motifs is 7. The zero-order chi connectivity index (χ0) is 32.3. The summed E-state index contributed by atoms with van der Waals surface area (Å²) in [5.74, 6) is 0.727. The molecular weight excluding hydrogens is 613 g/mol. The minimum absolute atomic E-state index is 0.727. The first-order valence-electron chi connectivity index (χ1n) is 16.6. The van der Waals surface area contributed by atoms with Crippen LogP contribution < -0.4 is 0 Å². The molecule has 0 atom stereocenters. The van der Waals surface area contributed by atoms with Crippen LogP contribution in [-0.4, -0.2) is 9.97 Å². The van der Waals surface area contributed by atoms with Crippen LogP contribution >= 0.6 is 11.3 Å². The maximum absolute atomic E-state index is 5.39. The third-order valence-electron chi connectivity index (χ3n) is 9.66. The molecule has 8 aromatic carbocycles. The predicted octanol–water partition coefficient (Wildman–Crippen LogP) is 13.0. The third-order valence-corrected chi connectivity index (χ3v) is 10.8. The van der Waals surface area contributed by atoms with Crippen LogP contribution in [0.4, 0.5) is 0 Å². The topological polar surface area (TPSA) is 25.8 Å². The van der Waals surface area contributed by atoms with Crippen molar-refractivity contribution in [3.8, 4) is 45.0 Å². The summed E-state index contributed by atoms with van der Waals surface area (Å²) in [4.78, 5) is 10.7. The second kappa shape index (κ2) is 11.2. The van der Waals surface area contributed by atoms with Gasteiger partial charge in [0, 0.05) is 36.9 Å². The molecule has 0 saturated carbocycles. The first-order chi connectivity index (χ1) is 24.3. The fraction of sp³-hybridized carbons (Fsp3) is 0. The summed E-state index contributed by atoms with van der Waals surface area (Å²) in [6, 6.07) is 60.8. The third kappa shape index (κ3) is 4.70. The largest absolute Gasteiger partial charge is 0.228 e. The molecule has 0 unspecified atom stereocenters. The van der Waals surface area contributed by atoms with Crippen LogP contribution in [0.2, 0.25) is 0 Å². The molecule has 228 valence electrons. The molecule has 10 rings (SSSR count). The zero-order valence-electron chi connectivity index (χ0n) is 26.5. The second-order valence-corrected chi connectivity index (χ2v) is 13.7. The van der Waals surface area contributed by atoms with Gasteiger partial charge in [0.2, 0.25) is 0 Å². The van der Waals surface area contributed by atoms with Gasteiger partial charge in [0.05, 0.1) is 11.4 Å². The van der Waals surface area contributed by atoms with Crippen molar-refractivity contribution in [3.63, 3.8) is 0 Å². The summed E-state index contributed by atoms with van der Waals surface area (Å²) in [5, 5.41) is 9.74. The van der Waals surface area contributed by atoms with Gasteiger partial charge in [-0.1, -0.05) is 133 Å². The first-order valence-corrected chi connectivity index (χ1v) is 17.4. The summed E-state index contributed by atoms with van der Waals surface area (Å²) < 4.78 is 2.63. The molecule has 0 aliphatic carbocycles. The molecule has 0 saturated heterocycles. The molecule has 49 heavy (non-hydrogen) atoms. The van der Waals surface area contributed by atoms with Gasteiger partial charge in [0.15, 0.2) is 5.82 Å². The monoisotopic (exact) mass is 640 g/mol. The maximum Gasteiger partial charge on any atom is 0.161 e. The lowest BCUT2D eigenvalue weighted by atomic mass is 9.92. The molecule has 3 heteroatoms. The van der Waals surface area contributed by atoms with E-state index in [1.165, 1.54) is 47.3 Å². The molecule has 0 spiro atoms. The van der Waals surface area contributed by atoms with Crippen molar-refractivity contribution >= 4 is 63.8 Å². The van der Waals surface area contributed by atoms with E-state index in [-0.39, 0.29) is 0 Å². The fourth-order valence-corrected chi connectivity index (χ4v) is 8.37. The number of thiophene rings is 1. The standard InChI is InChI=1S/C46H28N2S/c1-2-12-30(13-3-1)41-28-42(34-16-10-15-31(25-34)32-22-24-44-40(26-32)37-19-8-9-20-43(37)49-44)48-46(47-41)45-36-18-7-5-14-33(36)27-39-35-17-6-4-11-29(35)21-23-38(39)45/h1-28H. The van der Waals surface area contributed by atoms with Crippen molar-refractivity contribution in [2.75, 3.05) is 0 Å². The van der Waals surface area contributed by atoms with Crippen LogP contribution in [0.15, 0.2) is 170 Å². The Balaban J connectivity index is 1.21. The minimum atomic E-state index is 0.727. The van der Waals surface area contributed by atoms with E-state index in [1.54, 1.807) is 0 Å². The lowest BCUT2D eigenvalue weighted by Crippen LogP contribution is -1.98. The Bertz CT molecular complexity index is 2890. The van der Waals surface area contributed by atoms with Crippen molar-refractivity contribution in [1.82, 2.24) is 9.97 Å². The van der Waals surface area contributed by atoms with Crippen molar-refractivity contribution in [2.24, 2.45) is 0 Å². The number of benzene rings is 8. The molecular formula is C46H28N2S. The van der Waals surface area contributed by atoms with E-state index in [4.69, 9.17) is 9.97 Å². The van der Waals surface area contributed by atoms with Crippen molar-refractivity contribution in [3.05, 3.63) is 170 Å². The Kier molecular flexibility index (Phi) is 6.39. The first kappa shape index (κ1) is 27.9. The zero-order valence-corrected chi connectivity index (χ0v) is 27.3. The molecule has 10 aromatic rings. The molecule has 0 amide bonds. The highest BCUT2D eigenvalue weighted by Gasteiger charge is 2.18. The van der Waals surface area contributed by atoms with Crippen LogP contribution in [0, 0.1) is 0 Å². The molecule has 0 aliphatic heterocycles. The normalized spacial score (nSPS) is 11.7. The van der Waals surface area contributed by atoms with Crippen LogP contribution in [0.3, 0.4) is 0 Å². The van der Waals surface area contributed by atoms with Gasteiger partial charge in [-0.15, -0.1) is 11.3 Å². The molecule has 0 radical (unpaired) electrons. The van der Waals surface area contributed by atoms with Crippen LogP contribution in [-0.2, 0) is 0 Å². The number of rotatable bonds is 4. The predicted molar refractivity (Wildman–Crippen MR) is 209 cm³/mol. The lowest BCUT2D eigenvalue weighted by Gasteiger charge is -2.15. The van der Waals surface area contributed by atoms with Gasteiger partial charge in [0.1, 0.15) is 0 Å². The highest BCUT2D eigenvalue weighted by Crippen LogP contribution is 2.40. The molecule has 2 nitrogen and oxygen atoms in total. The van der Waals surface area contributed by atoms with E-state index in [1.807, 2.05) is 17.4 Å². The van der Waals surface area contributed by atoms with E-state index in [0.717, 1.165) is 50.2 Å². The van der Waals surface area contributed by atoms with Crippen LogP contribution in [0.1, 0.15) is 0 Å². The Morgan fingerprint density at radius 1 is 0.327 bits per heavy atom. The van der Waals surface area contributed by atoms with Crippen molar-refractivity contribution in [1.29, 1.82) is 0 Å². The average molecular weight is 641 g/mol. The van der Waals surface area contributed by atoms with E-state index in [2.05, 4.69) is 164 Å². The molecule has 0 bridgehead atoms. The van der Waals surface area contributed by atoms with Crippen LogP contribution in [0.5, 0.6) is 0 Å². The van der Waals surface area contributed by atoms with Gasteiger partial charge in [-0.05, 0) is 79.8 Å². The van der Waals surface area contributed by atoms with Crippen molar-refractivity contribution in [2.45, 2.75) is 0 Å². The number of aromatic nitrogens is 2.